The van der Waals surface area contributed by atoms with Crippen LogP contribution in [0.1, 0.15) is 38.8 Å². The van der Waals surface area contributed by atoms with Crippen LogP contribution in [0.5, 0.6) is 5.75 Å². The second kappa shape index (κ2) is 6.26. The first kappa shape index (κ1) is 13.5. The Morgan fingerprint density at radius 3 is 2.50 bits per heavy atom. The van der Waals surface area contributed by atoms with Crippen LogP contribution < -0.4 is 10.5 Å². The molecule has 3 heteroatoms. The smallest absolute Gasteiger partial charge is 0.133 e. The van der Waals surface area contributed by atoms with Gasteiger partial charge < -0.3 is 10.5 Å². The van der Waals surface area contributed by atoms with E-state index >= 15 is 0 Å². The summed E-state index contributed by atoms with van der Waals surface area (Å²) in [7, 11) is 0. The van der Waals surface area contributed by atoms with Crippen molar-refractivity contribution in [2.24, 2.45) is 11.7 Å². The Hall–Kier alpha value is -0.540. The van der Waals surface area contributed by atoms with Gasteiger partial charge in [-0.3, -0.25) is 0 Å². The number of benzene rings is 1. The van der Waals surface area contributed by atoms with E-state index in [1.54, 1.807) is 0 Å². The van der Waals surface area contributed by atoms with Gasteiger partial charge in [0.25, 0.3) is 0 Å². The summed E-state index contributed by atoms with van der Waals surface area (Å²) in [6, 6.07) is 6.07. The number of rotatable bonds is 5. The van der Waals surface area contributed by atoms with Gasteiger partial charge in [-0.15, -0.1) is 0 Å². The highest BCUT2D eigenvalue weighted by atomic mass is 79.9. The van der Waals surface area contributed by atoms with E-state index in [9.17, 15) is 0 Å². The lowest BCUT2D eigenvalue weighted by Crippen LogP contribution is -2.06. The molecule has 0 heterocycles. The Kier molecular flexibility index (Phi) is 5.29. The van der Waals surface area contributed by atoms with Gasteiger partial charge in [0.2, 0.25) is 0 Å². The van der Waals surface area contributed by atoms with Crippen molar-refractivity contribution in [3.8, 4) is 5.75 Å². The summed E-state index contributed by atoms with van der Waals surface area (Å²) >= 11 is 3.50. The molecule has 1 unspecified atom stereocenters. The van der Waals surface area contributed by atoms with Crippen LogP contribution >= 0.6 is 15.9 Å². The largest absolute Gasteiger partial charge is 0.492 e. The lowest BCUT2D eigenvalue weighted by Gasteiger charge is -2.12. The van der Waals surface area contributed by atoms with Crippen molar-refractivity contribution in [2.45, 2.75) is 33.2 Å². The maximum Gasteiger partial charge on any atom is 0.133 e. The predicted octanol–water partition coefficient (Wildman–Crippen LogP) is 3.89. The van der Waals surface area contributed by atoms with Gasteiger partial charge in [-0.2, -0.15) is 0 Å². The highest BCUT2D eigenvalue weighted by Crippen LogP contribution is 2.28. The summed E-state index contributed by atoms with van der Waals surface area (Å²) in [4.78, 5) is 0. The third-order valence-electron chi connectivity index (χ3n) is 2.43. The van der Waals surface area contributed by atoms with Gasteiger partial charge in [0.05, 0.1) is 11.1 Å². The van der Waals surface area contributed by atoms with Crippen LogP contribution in [0, 0.1) is 5.92 Å². The summed E-state index contributed by atoms with van der Waals surface area (Å²) in [6.07, 6.45) is 1.07. The quantitative estimate of drug-likeness (QED) is 0.891. The van der Waals surface area contributed by atoms with Crippen LogP contribution in [0.2, 0.25) is 0 Å². The second-order valence-corrected chi connectivity index (χ2v) is 5.36. The van der Waals surface area contributed by atoms with E-state index in [0.717, 1.165) is 28.8 Å². The minimum Gasteiger partial charge on any atom is -0.492 e. The van der Waals surface area contributed by atoms with Gasteiger partial charge in [-0.1, -0.05) is 19.9 Å². The monoisotopic (exact) mass is 285 g/mol. The summed E-state index contributed by atoms with van der Waals surface area (Å²) in [5.41, 5.74) is 6.92. The third-order valence-corrected chi connectivity index (χ3v) is 3.05. The van der Waals surface area contributed by atoms with E-state index in [2.05, 4.69) is 29.8 Å². The molecule has 1 aromatic carbocycles. The van der Waals surface area contributed by atoms with Crippen molar-refractivity contribution in [3.05, 3.63) is 28.2 Å². The van der Waals surface area contributed by atoms with Crippen molar-refractivity contribution in [1.29, 1.82) is 0 Å². The van der Waals surface area contributed by atoms with E-state index < -0.39 is 0 Å². The van der Waals surface area contributed by atoms with E-state index in [1.807, 2.05) is 25.1 Å². The molecule has 0 saturated carbocycles. The molecular weight excluding hydrogens is 266 g/mol. The highest BCUT2D eigenvalue weighted by Gasteiger charge is 2.05. The van der Waals surface area contributed by atoms with Crippen molar-refractivity contribution in [1.82, 2.24) is 0 Å². The molecule has 0 spiro atoms. The van der Waals surface area contributed by atoms with E-state index in [-0.39, 0.29) is 6.04 Å². The molecule has 0 aliphatic rings. The van der Waals surface area contributed by atoms with Crippen molar-refractivity contribution < 1.29 is 4.74 Å². The summed E-state index contributed by atoms with van der Waals surface area (Å²) < 4.78 is 6.67. The molecule has 0 saturated heterocycles. The van der Waals surface area contributed by atoms with Gasteiger partial charge in [0.1, 0.15) is 5.75 Å². The topological polar surface area (TPSA) is 35.2 Å². The summed E-state index contributed by atoms with van der Waals surface area (Å²) in [5.74, 6) is 1.56. The van der Waals surface area contributed by atoms with Crippen LogP contribution in [0.15, 0.2) is 22.7 Å². The fourth-order valence-electron chi connectivity index (χ4n) is 1.32. The Morgan fingerprint density at radius 1 is 1.31 bits per heavy atom. The second-order valence-electron chi connectivity index (χ2n) is 4.51. The Balaban J connectivity index is 2.61. The highest BCUT2D eigenvalue weighted by molar-refractivity contribution is 9.10. The van der Waals surface area contributed by atoms with Crippen LogP contribution in [0.4, 0.5) is 0 Å². The van der Waals surface area contributed by atoms with Gasteiger partial charge in [-0.05, 0) is 52.9 Å². The zero-order valence-electron chi connectivity index (χ0n) is 10.2. The molecule has 16 heavy (non-hydrogen) atoms. The predicted molar refractivity (Wildman–Crippen MR) is 71.7 cm³/mol. The number of halogens is 1. The average Bonchev–Trinajstić information content (AvgIpc) is 2.19. The van der Waals surface area contributed by atoms with Crippen LogP contribution in [-0.4, -0.2) is 6.61 Å². The first-order chi connectivity index (χ1) is 7.50. The van der Waals surface area contributed by atoms with Gasteiger partial charge >= 0.3 is 0 Å². The van der Waals surface area contributed by atoms with Crippen LogP contribution in [0.25, 0.3) is 0 Å². The Bertz CT molecular complexity index is 337. The van der Waals surface area contributed by atoms with Crippen molar-refractivity contribution >= 4 is 15.9 Å². The average molecular weight is 286 g/mol. The van der Waals surface area contributed by atoms with E-state index in [0.29, 0.717) is 5.92 Å². The lowest BCUT2D eigenvalue weighted by molar-refractivity contribution is 0.288. The molecule has 0 amide bonds. The first-order valence-electron chi connectivity index (χ1n) is 5.68. The standard InChI is InChI=1S/C13H20BrNO/c1-9(2)6-7-16-13-5-4-11(10(3)15)8-12(13)14/h4-5,8-10H,6-7,15H2,1-3H3. The fourth-order valence-corrected chi connectivity index (χ4v) is 1.83. The molecule has 1 rings (SSSR count). The Morgan fingerprint density at radius 2 is 2.00 bits per heavy atom. The van der Waals surface area contributed by atoms with Crippen molar-refractivity contribution in [3.63, 3.8) is 0 Å². The van der Waals surface area contributed by atoms with Crippen LogP contribution in [0.3, 0.4) is 0 Å². The maximum absolute atomic E-state index is 5.81. The van der Waals surface area contributed by atoms with E-state index in [4.69, 9.17) is 10.5 Å². The lowest BCUT2D eigenvalue weighted by atomic mass is 10.1. The number of hydrogen-bond acceptors (Lipinski definition) is 2. The zero-order chi connectivity index (χ0) is 12.1. The molecule has 0 aliphatic carbocycles. The normalized spacial score (nSPS) is 12.9. The minimum absolute atomic E-state index is 0.0565. The number of nitrogens with two attached hydrogens (primary N) is 1. The van der Waals surface area contributed by atoms with E-state index in [1.165, 1.54) is 0 Å². The number of hydrogen-bond donors (Lipinski definition) is 1. The molecule has 0 fully saturated rings. The SMILES string of the molecule is CC(C)CCOc1ccc(C(C)N)cc1Br. The van der Waals surface area contributed by atoms with Crippen LogP contribution in [-0.2, 0) is 0 Å². The Labute approximate surface area is 106 Å². The third kappa shape index (κ3) is 4.14. The summed E-state index contributed by atoms with van der Waals surface area (Å²) in [6.45, 7) is 7.12. The molecular formula is C13H20BrNO. The molecule has 90 valence electrons. The molecule has 0 aromatic heterocycles. The van der Waals surface area contributed by atoms with Crippen molar-refractivity contribution in [2.75, 3.05) is 6.61 Å². The molecule has 2 nitrogen and oxygen atoms in total. The number of ether oxygens (including phenoxy) is 1. The zero-order valence-corrected chi connectivity index (χ0v) is 11.8. The molecule has 2 N–H and O–H groups in total. The molecule has 1 aromatic rings. The summed E-state index contributed by atoms with van der Waals surface area (Å²) in [5, 5.41) is 0. The maximum atomic E-state index is 5.81. The fraction of sp³-hybridized carbons (Fsp3) is 0.538. The molecule has 0 radical (unpaired) electrons. The molecule has 1 atom stereocenters. The molecule has 0 bridgehead atoms. The van der Waals surface area contributed by atoms with Gasteiger partial charge in [-0.25, -0.2) is 0 Å². The van der Waals surface area contributed by atoms with Gasteiger partial charge in [0.15, 0.2) is 0 Å². The van der Waals surface area contributed by atoms with Gasteiger partial charge in [0, 0.05) is 6.04 Å². The minimum atomic E-state index is 0.0565. The molecule has 0 aliphatic heterocycles. The first-order valence-corrected chi connectivity index (χ1v) is 6.48.